The molecule has 1 N–H and O–H groups in total. The highest BCUT2D eigenvalue weighted by Crippen LogP contribution is 2.46. The topological polar surface area (TPSA) is 81.8 Å². The molecule has 0 spiro atoms. The number of carboxylic acids is 1. The van der Waals surface area contributed by atoms with Gasteiger partial charge in [0.2, 0.25) is 0 Å². The summed E-state index contributed by atoms with van der Waals surface area (Å²) < 4.78 is 31.9. The van der Waals surface area contributed by atoms with Gasteiger partial charge < -0.3 is 19.1 Å². The maximum Gasteiger partial charge on any atom is 0.304 e. The molecule has 0 radical (unpaired) electrons. The summed E-state index contributed by atoms with van der Waals surface area (Å²) in [7, 11) is 1.53. The van der Waals surface area contributed by atoms with Gasteiger partial charge in [-0.25, -0.2) is 4.39 Å². The Morgan fingerprint density at radius 2 is 2.05 bits per heavy atom. The molecule has 0 saturated heterocycles. The smallest absolute Gasteiger partial charge is 0.304 e. The molecular formula is C28H26FNO5S2. The molecule has 0 aliphatic heterocycles. The van der Waals surface area contributed by atoms with Gasteiger partial charge >= 0.3 is 5.97 Å². The van der Waals surface area contributed by atoms with Crippen LogP contribution in [0.2, 0.25) is 0 Å². The Bertz CT molecular complexity index is 1410. The Hall–Kier alpha value is -3.30. The minimum atomic E-state index is -0.819. The molecule has 6 nitrogen and oxygen atoms in total. The minimum absolute atomic E-state index is 0.0608. The monoisotopic (exact) mass is 539 g/mol. The zero-order valence-corrected chi connectivity index (χ0v) is 22.0. The largest absolute Gasteiger partial charge is 0.497 e. The van der Waals surface area contributed by atoms with E-state index in [9.17, 15) is 14.3 Å². The third kappa shape index (κ3) is 5.99. The lowest BCUT2D eigenvalue weighted by atomic mass is 10.0. The lowest BCUT2D eigenvalue weighted by Gasteiger charge is -2.16. The molecule has 9 heteroatoms. The van der Waals surface area contributed by atoms with Crippen LogP contribution in [0.3, 0.4) is 0 Å². The van der Waals surface area contributed by atoms with Crippen molar-refractivity contribution >= 4 is 29.1 Å². The second-order valence-electron chi connectivity index (χ2n) is 8.87. The number of nitrogens with zero attached hydrogens (tertiary/aromatic N) is 1. The van der Waals surface area contributed by atoms with Gasteiger partial charge in [0.15, 0.2) is 5.76 Å². The number of aliphatic carboxylic acids is 1. The first-order chi connectivity index (χ1) is 17.9. The van der Waals surface area contributed by atoms with Crippen LogP contribution in [0.4, 0.5) is 4.39 Å². The first kappa shape index (κ1) is 25.4. The molecule has 192 valence electrons. The number of methoxy groups -OCH3 is 1. The van der Waals surface area contributed by atoms with Crippen molar-refractivity contribution in [3.63, 3.8) is 0 Å². The van der Waals surface area contributed by atoms with Gasteiger partial charge in [0.05, 0.1) is 24.7 Å². The number of thiophene rings is 1. The Labute approximate surface area is 222 Å². The SMILES string of the molecule is COc1ccc(F)c(-c2onc(COc3cccc(C(CC(=O)O)SC4CC4)c3)c2-c2ccc(C)s2)c1. The van der Waals surface area contributed by atoms with E-state index in [4.69, 9.17) is 14.0 Å². The van der Waals surface area contributed by atoms with Crippen molar-refractivity contribution in [2.75, 3.05) is 7.11 Å². The summed E-state index contributed by atoms with van der Waals surface area (Å²) in [4.78, 5) is 13.4. The van der Waals surface area contributed by atoms with Gasteiger partial charge in [0, 0.05) is 20.3 Å². The van der Waals surface area contributed by atoms with Crippen LogP contribution in [-0.4, -0.2) is 28.6 Å². The van der Waals surface area contributed by atoms with Crippen molar-refractivity contribution in [3.8, 4) is 33.3 Å². The van der Waals surface area contributed by atoms with Crippen molar-refractivity contribution in [2.24, 2.45) is 0 Å². The van der Waals surface area contributed by atoms with Crippen LogP contribution in [0.1, 0.15) is 40.6 Å². The van der Waals surface area contributed by atoms with Gasteiger partial charge in [-0.3, -0.25) is 4.79 Å². The van der Waals surface area contributed by atoms with Crippen LogP contribution < -0.4 is 9.47 Å². The van der Waals surface area contributed by atoms with E-state index in [1.807, 2.05) is 43.3 Å². The van der Waals surface area contributed by atoms with Gasteiger partial charge in [-0.15, -0.1) is 23.1 Å². The lowest BCUT2D eigenvalue weighted by molar-refractivity contribution is -0.137. The van der Waals surface area contributed by atoms with Crippen molar-refractivity contribution in [2.45, 2.75) is 43.3 Å². The number of ether oxygens (including phenoxy) is 2. The fourth-order valence-electron chi connectivity index (χ4n) is 4.03. The highest BCUT2D eigenvalue weighted by Gasteiger charge is 2.29. The van der Waals surface area contributed by atoms with E-state index < -0.39 is 11.8 Å². The molecule has 1 fully saturated rings. The van der Waals surface area contributed by atoms with Crippen LogP contribution in [-0.2, 0) is 11.4 Å². The van der Waals surface area contributed by atoms with Gasteiger partial charge in [0.25, 0.3) is 0 Å². The fourth-order valence-corrected chi connectivity index (χ4v) is 6.38. The van der Waals surface area contributed by atoms with E-state index in [-0.39, 0.29) is 23.8 Å². The van der Waals surface area contributed by atoms with Crippen LogP contribution in [0, 0.1) is 12.7 Å². The number of thioether (sulfide) groups is 1. The minimum Gasteiger partial charge on any atom is -0.497 e. The molecule has 4 aromatic rings. The molecule has 1 aliphatic carbocycles. The van der Waals surface area contributed by atoms with Crippen molar-refractivity contribution in [1.82, 2.24) is 5.16 Å². The molecule has 0 amide bonds. The summed E-state index contributed by atoms with van der Waals surface area (Å²) in [6, 6.07) is 16.0. The first-order valence-electron chi connectivity index (χ1n) is 11.9. The van der Waals surface area contributed by atoms with Gasteiger partial charge in [-0.2, -0.15) is 0 Å². The van der Waals surface area contributed by atoms with Crippen LogP contribution in [0.5, 0.6) is 11.5 Å². The normalized spacial score (nSPS) is 13.9. The predicted molar refractivity (Wildman–Crippen MR) is 143 cm³/mol. The number of aryl methyl sites for hydroxylation is 1. The van der Waals surface area contributed by atoms with Crippen molar-refractivity contribution in [1.29, 1.82) is 0 Å². The van der Waals surface area contributed by atoms with Gasteiger partial charge in [0.1, 0.15) is 29.6 Å². The second kappa shape index (κ2) is 11.0. The summed E-state index contributed by atoms with van der Waals surface area (Å²) >= 11 is 3.28. The third-order valence-corrected chi connectivity index (χ3v) is 8.66. The summed E-state index contributed by atoms with van der Waals surface area (Å²) in [6.07, 6.45) is 2.32. The summed E-state index contributed by atoms with van der Waals surface area (Å²) in [5.74, 6) is 0.169. The standard InChI is InChI=1S/C28H26FNO5S2/c1-16-6-11-24(36-16)27-23(30-35-28(27)21-13-18(33-2)7-10-22(21)29)15-34-19-5-3-4-17(12-19)25(14-26(31)32)37-20-8-9-20/h3-7,10-13,20,25H,8-9,14-15H2,1-2H3,(H,31,32). The highest BCUT2D eigenvalue weighted by atomic mass is 32.2. The molecule has 1 unspecified atom stereocenters. The Balaban J connectivity index is 1.44. The molecular weight excluding hydrogens is 513 g/mol. The molecule has 2 aromatic carbocycles. The summed E-state index contributed by atoms with van der Waals surface area (Å²) in [5.41, 5.74) is 2.40. The van der Waals surface area contributed by atoms with Crippen LogP contribution >= 0.6 is 23.1 Å². The van der Waals surface area contributed by atoms with E-state index in [1.165, 1.54) is 13.2 Å². The predicted octanol–water partition coefficient (Wildman–Crippen LogP) is 7.52. The number of benzene rings is 2. The number of carbonyl (C=O) groups is 1. The molecule has 0 bridgehead atoms. The quantitative estimate of drug-likeness (QED) is 0.211. The number of hydrogen-bond donors (Lipinski definition) is 1. The Morgan fingerprint density at radius 3 is 2.76 bits per heavy atom. The Kier molecular flexibility index (Phi) is 7.53. The molecule has 37 heavy (non-hydrogen) atoms. The maximum atomic E-state index is 14.8. The molecule has 1 saturated carbocycles. The van der Waals surface area contributed by atoms with E-state index >= 15 is 0 Å². The number of aromatic nitrogens is 1. The average Bonchev–Trinajstić information content (AvgIpc) is 3.44. The number of hydrogen-bond acceptors (Lipinski definition) is 7. The molecule has 5 rings (SSSR count). The average molecular weight is 540 g/mol. The van der Waals surface area contributed by atoms with Crippen LogP contribution in [0.15, 0.2) is 59.1 Å². The Morgan fingerprint density at radius 1 is 1.22 bits per heavy atom. The van der Waals surface area contributed by atoms with E-state index in [1.54, 1.807) is 35.2 Å². The van der Waals surface area contributed by atoms with Crippen molar-refractivity contribution in [3.05, 3.63) is 76.5 Å². The molecule has 1 aliphatic rings. The summed E-state index contributed by atoms with van der Waals surface area (Å²) in [5, 5.41) is 14.0. The third-order valence-electron chi connectivity index (χ3n) is 6.01. The van der Waals surface area contributed by atoms with Crippen LogP contribution in [0.25, 0.3) is 21.8 Å². The highest BCUT2D eigenvalue weighted by molar-refractivity contribution is 8.00. The summed E-state index contributed by atoms with van der Waals surface area (Å²) in [6.45, 7) is 2.10. The first-order valence-corrected chi connectivity index (χ1v) is 13.7. The molecule has 1 atom stereocenters. The zero-order valence-electron chi connectivity index (χ0n) is 20.4. The van der Waals surface area contributed by atoms with Gasteiger partial charge in [-0.05, 0) is 67.8 Å². The maximum absolute atomic E-state index is 14.8. The zero-order chi connectivity index (χ0) is 25.9. The van der Waals surface area contributed by atoms with E-state index in [0.29, 0.717) is 33.8 Å². The van der Waals surface area contributed by atoms with E-state index in [0.717, 1.165) is 28.2 Å². The fraction of sp³-hybridized carbons (Fsp3) is 0.286. The number of rotatable bonds is 11. The van der Waals surface area contributed by atoms with Crippen molar-refractivity contribution < 1.29 is 28.3 Å². The lowest BCUT2D eigenvalue weighted by Crippen LogP contribution is -2.05. The van der Waals surface area contributed by atoms with Gasteiger partial charge in [-0.1, -0.05) is 17.3 Å². The molecule has 2 aromatic heterocycles. The van der Waals surface area contributed by atoms with E-state index in [2.05, 4.69) is 5.16 Å². The number of carboxylic acid groups (broad SMARTS) is 1. The number of halogens is 1. The second-order valence-corrected chi connectivity index (χ2v) is 11.7. The molecule has 2 heterocycles.